The number of methoxy groups -OCH3 is 1. The van der Waals surface area contributed by atoms with E-state index in [0.29, 0.717) is 36.1 Å². The minimum Gasteiger partial charge on any atom is -0.383 e. The van der Waals surface area contributed by atoms with Crippen LogP contribution in [0.3, 0.4) is 0 Å². The predicted octanol–water partition coefficient (Wildman–Crippen LogP) is 2.49. The van der Waals surface area contributed by atoms with Crippen molar-refractivity contribution in [2.45, 2.75) is 27.2 Å². The van der Waals surface area contributed by atoms with E-state index >= 15 is 0 Å². The molecule has 0 unspecified atom stereocenters. The van der Waals surface area contributed by atoms with E-state index in [2.05, 4.69) is 15.6 Å². The van der Waals surface area contributed by atoms with E-state index in [9.17, 15) is 14.4 Å². The number of rotatable bonds is 11. The third-order valence-electron chi connectivity index (χ3n) is 4.27. The van der Waals surface area contributed by atoms with Gasteiger partial charge < -0.3 is 20.3 Å². The Hall–Kier alpha value is -2.78. The number of carbonyl (C=O) groups excluding carboxylic acids is 3. The molecule has 0 bridgehead atoms. The largest absolute Gasteiger partial charge is 0.383 e. The monoisotopic (exact) mass is 446 g/mol. The third kappa shape index (κ3) is 8.47. The van der Waals surface area contributed by atoms with Crippen molar-refractivity contribution in [2.24, 2.45) is 5.92 Å². The molecule has 31 heavy (non-hydrogen) atoms. The summed E-state index contributed by atoms with van der Waals surface area (Å²) in [5.74, 6) is -0.458. The van der Waals surface area contributed by atoms with Gasteiger partial charge >= 0.3 is 0 Å². The van der Waals surface area contributed by atoms with Gasteiger partial charge in [0.15, 0.2) is 5.13 Å². The molecular formula is C22H30N4O4S. The Balaban J connectivity index is 1.95. The van der Waals surface area contributed by atoms with E-state index in [1.807, 2.05) is 32.9 Å². The number of ether oxygens (including phenoxy) is 1. The number of amides is 3. The first kappa shape index (κ1) is 24.5. The van der Waals surface area contributed by atoms with Gasteiger partial charge in [-0.3, -0.25) is 14.4 Å². The fraction of sp³-hybridized carbons (Fsp3) is 0.455. The van der Waals surface area contributed by atoms with Crippen molar-refractivity contribution in [1.82, 2.24) is 15.2 Å². The average molecular weight is 447 g/mol. The summed E-state index contributed by atoms with van der Waals surface area (Å²) < 4.78 is 4.89. The van der Waals surface area contributed by atoms with Gasteiger partial charge in [-0.2, -0.15) is 0 Å². The van der Waals surface area contributed by atoms with Gasteiger partial charge in [0.05, 0.1) is 18.7 Å². The SMILES string of the molecule is COCCNC(=O)Cc1csc(NC(=O)CN(CC(C)C)C(=O)c2ccc(C)cc2)n1. The standard InChI is InChI=1S/C22H30N4O4S/c1-15(2)12-26(21(29)17-7-5-16(3)6-8-17)13-20(28)25-22-24-18(14-31-22)11-19(27)23-9-10-30-4/h5-8,14-15H,9-13H2,1-4H3,(H,23,27)(H,24,25,28). The average Bonchev–Trinajstić information content (AvgIpc) is 3.13. The molecule has 2 N–H and O–H groups in total. The van der Waals surface area contributed by atoms with Gasteiger partial charge in [-0.15, -0.1) is 11.3 Å². The fourth-order valence-electron chi connectivity index (χ4n) is 2.84. The quantitative estimate of drug-likeness (QED) is 0.517. The minimum absolute atomic E-state index is 0.0721. The summed E-state index contributed by atoms with van der Waals surface area (Å²) in [6, 6.07) is 7.30. The van der Waals surface area contributed by atoms with Crippen molar-refractivity contribution < 1.29 is 19.1 Å². The molecule has 0 spiro atoms. The molecule has 2 rings (SSSR count). The molecule has 0 saturated carbocycles. The summed E-state index contributed by atoms with van der Waals surface area (Å²) in [6.07, 6.45) is 0.126. The highest BCUT2D eigenvalue weighted by Crippen LogP contribution is 2.16. The number of anilines is 1. The number of hydrogen-bond donors (Lipinski definition) is 2. The molecule has 168 valence electrons. The molecule has 1 aromatic heterocycles. The summed E-state index contributed by atoms with van der Waals surface area (Å²) in [5.41, 5.74) is 2.19. The zero-order valence-corrected chi connectivity index (χ0v) is 19.3. The number of carbonyl (C=O) groups is 3. The molecule has 0 aliphatic rings. The Bertz CT molecular complexity index is 880. The Kier molecular flexibility index (Phi) is 9.61. The molecule has 2 aromatic rings. The second-order valence-electron chi connectivity index (χ2n) is 7.66. The molecule has 3 amide bonds. The Morgan fingerprint density at radius 3 is 2.52 bits per heavy atom. The highest BCUT2D eigenvalue weighted by atomic mass is 32.1. The summed E-state index contributed by atoms with van der Waals surface area (Å²) >= 11 is 1.24. The number of nitrogens with one attached hydrogen (secondary N) is 2. The van der Waals surface area contributed by atoms with E-state index in [-0.39, 0.29) is 36.6 Å². The number of hydrogen-bond acceptors (Lipinski definition) is 6. The van der Waals surface area contributed by atoms with E-state index < -0.39 is 0 Å². The number of thiazole rings is 1. The summed E-state index contributed by atoms with van der Waals surface area (Å²) in [5, 5.41) is 7.59. The molecule has 0 saturated heterocycles. The maximum Gasteiger partial charge on any atom is 0.254 e. The number of aryl methyl sites for hydroxylation is 1. The molecular weight excluding hydrogens is 416 g/mol. The van der Waals surface area contributed by atoms with Gasteiger partial charge in [0, 0.05) is 31.1 Å². The first-order valence-electron chi connectivity index (χ1n) is 10.1. The van der Waals surface area contributed by atoms with Crippen molar-refractivity contribution in [3.63, 3.8) is 0 Å². The van der Waals surface area contributed by atoms with Gasteiger partial charge in [-0.25, -0.2) is 4.98 Å². The number of nitrogens with zero attached hydrogens (tertiary/aromatic N) is 2. The molecule has 9 heteroatoms. The summed E-state index contributed by atoms with van der Waals surface area (Å²) in [4.78, 5) is 43.2. The molecule has 1 aromatic carbocycles. The van der Waals surface area contributed by atoms with Crippen LogP contribution in [0.2, 0.25) is 0 Å². The second kappa shape index (κ2) is 12.2. The Morgan fingerprint density at radius 1 is 1.16 bits per heavy atom. The van der Waals surface area contributed by atoms with E-state index in [0.717, 1.165) is 5.56 Å². The van der Waals surface area contributed by atoms with Gasteiger partial charge in [0.2, 0.25) is 11.8 Å². The van der Waals surface area contributed by atoms with Crippen LogP contribution < -0.4 is 10.6 Å². The summed E-state index contributed by atoms with van der Waals surface area (Å²) in [7, 11) is 1.57. The van der Waals surface area contributed by atoms with Crippen molar-refractivity contribution in [3.8, 4) is 0 Å². The minimum atomic E-state index is -0.327. The lowest BCUT2D eigenvalue weighted by atomic mass is 10.1. The van der Waals surface area contributed by atoms with Crippen LogP contribution in [0.5, 0.6) is 0 Å². The van der Waals surface area contributed by atoms with E-state index in [4.69, 9.17) is 4.74 Å². The van der Waals surface area contributed by atoms with Gasteiger partial charge in [-0.1, -0.05) is 31.5 Å². The molecule has 0 aliphatic heterocycles. The first-order chi connectivity index (χ1) is 14.8. The van der Waals surface area contributed by atoms with Crippen LogP contribution in [0.1, 0.15) is 35.5 Å². The molecule has 8 nitrogen and oxygen atoms in total. The van der Waals surface area contributed by atoms with Crippen LogP contribution in [0.25, 0.3) is 0 Å². The molecule has 0 radical (unpaired) electrons. The zero-order chi connectivity index (χ0) is 22.8. The van der Waals surface area contributed by atoms with Crippen LogP contribution in [-0.4, -0.2) is 61.0 Å². The highest BCUT2D eigenvalue weighted by Gasteiger charge is 2.20. The van der Waals surface area contributed by atoms with Crippen LogP contribution >= 0.6 is 11.3 Å². The Labute approximate surface area is 187 Å². The third-order valence-corrected chi connectivity index (χ3v) is 5.08. The number of aromatic nitrogens is 1. The van der Waals surface area contributed by atoms with Crippen LogP contribution in [-0.2, 0) is 20.7 Å². The molecule has 0 aliphatic carbocycles. The lowest BCUT2D eigenvalue weighted by Gasteiger charge is -2.24. The van der Waals surface area contributed by atoms with E-state index in [1.54, 1.807) is 29.5 Å². The van der Waals surface area contributed by atoms with Gasteiger partial charge in [-0.05, 0) is 25.0 Å². The van der Waals surface area contributed by atoms with Crippen LogP contribution in [0.4, 0.5) is 5.13 Å². The van der Waals surface area contributed by atoms with E-state index in [1.165, 1.54) is 11.3 Å². The molecule has 1 heterocycles. The highest BCUT2D eigenvalue weighted by molar-refractivity contribution is 7.13. The topological polar surface area (TPSA) is 101 Å². The zero-order valence-electron chi connectivity index (χ0n) is 18.4. The lowest BCUT2D eigenvalue weighted by molar-refractivity contribution is -0.120. The van der Waals surface area contributed by atoms with Gasteiger partial charge in [0.25, 0.3) is 5.91 Å². The lowest BCUT2D eigenvalue weighted by Crippen LogP contribution is -2.40. The van der Waals surface area contributed by atoms with Crippen molar-refractivity contribution in [2.75, 3.05) is 38.7 Å². The van der Waals surface area contributed by atoms with Crippen molar-refractivity contribution >= 4 is 34.2 Å². The maximum atomic E-state index is 12.9. The number of benzene rings is 1. The smallest absolute Gasteiger partial charge is 0.254 e. The van der Waals surface area contributed by atoms with Crippen molar-refractivity contribution in [1.29, 1.82) is 0 Å². The Morgan fingerprint density at radius 2 is 1.87 bits per heavy atom. The molecule has 0 atom stereocenters. The van der Waals surface area contributed by atoms with Crippen molar-refractivity contribution in [3.05, 3.63) is 46.5 Å². The second-order valence-corrected chi connectivity index (χ2v) is 8.52. The van der Waals surface area contributed by atoms with Gasteiger partial charge in [0.1, 0.15) is 6.54 Å². The van der Waals surface area contributed by atoms with Crippen LogP contribution in [0.15, 0.2) is 29.6 Å². The first-order valence-corrected chi connectivity index (χ1v) is 11.0. The van der Waals surface area contributed by atoms with Crippen LogP contribution in [0, 0.1) is 12.8 Å². The molecule has 0 fully saturated rings. The maximum absolute atomic E-state index is 12.9. The normalized spacial score (nSPS) is 10.7. The fourth-order valence-corrected chi connectivity index (χ4v) is 3.56. The predicted molar refractivity (Wildman–Crippen MR) is 121 cm³/mol. The summed E-state index contributed by atoms with van der Waals surface area (Å²) in [6.45, 7) is 7.22.